The maximum atomic E-state index is 6.45. The van der Waals surface area contributed by atoms with Crippen LogP contribution in [0.1, 0.15) is 24.0 Å². The highest BCUT2D eigenvalue weighted by molar-refractivity contribution is 5.51. The molecule has 0 aliphatic carbocycles. The molecule has 1 unspecified atom stereocenters. The van der Waals surface area contributed by atoms with Gasteiger partial charge in [-0.3, -0.25) is 4.90 Å². The molecular weight excluding hydrogens is 310 g/mol. The van der Waals surface area contributed by atoms with E-state index in [1.54, 1.807) is 0 Å². The van der Waals surface area contributed by atoms with Crippen LogP contribution in [-0.2, 0) is 13.0 Å². The average Bonchev–Trinajstić information content (AvgIpc) is 3.00. The van der Waals surface area contributed by atoms with E-state index in [0.29, 0.717) is 5.92 Å². The third-order valence-corrected chi connectivity index (χ3v) is 6.23. The third-order valence-electron chi connectivity index (χ3n) is 6.23. The fourth-order valence-corrected chi connectivity index (χ4v) is 4.85. The summed E-state index contributed by atoms with van der Waals surface area (Å²) >= 11 is 0. The number of ether oxygens (including phenoxy) is 1. The van der Waals surface area contributed by atoms with Crippen LogP contribution in [0.4, 0.5) is 5.69 Å². The number of anilines is 1. The molecule has 130 valence electrons. The van der Waals surface area contributed by atoms with Gasteiger partial charge in [-0.25, -0.2) is 4.98 Å². The van der Waals surface area contributed by atoms with Gasteiger partial charge in [0.25, 0.3) is 0 Å². The summed E-state index contributed by atoms with van der Waals surface area (Å²) < 4.78 is 6.45. The van der Waals surface area contributed by atoms with E-state index in [1.807, 2.05) is 6.20 Å². The van der Waals surface area contributed by atoms with Gasteiger partial charge in [0.05, 0.1) is 11.9 Å². The number of aromatic nitrogens is 1. The van der Waals surface area contributed by atoms with Crippen molar-refractivity contribution in [1.82, 2.24) is 9.88 Å². The van der Waals surface area contributed by atoms with Crippen LogP contribution in [0.15, 0.2) is 42.6 Å². The summed E-state index contributed by atoms with van der Waals surface area (Å²) in [5, 5.41) is 0. The second kappa shape index (κ2) is 5.73. The molecule has 3 saturated heterocycles. The highest BCUT2D eigenvalue weighted by Crippen LogP contribution is 2.46. The van der Waals surface area contributed by atoms with Crippen molar-refractivity contribution in [2.45, 2.75) is 31.4 Å². The standard InChI is InChI=1S/C21H25N3O/c1-23(14-16-5-3-2-4-6-16)19-11-17-12-21(25-20(17)22-13-19)15-24-9-7-18(21)8-10-24/h2-6,11,13,18H,7-10,12,14-15H2,1H3. The summed E-state index contributed by atoms with van der Waals surface area (Å²) in [4.78, 5) is 9.50. The minimum atomic E-state index is -0.0115. The van der Waals surface area contributed by atoms with Crippen molar-refractivity contribution in [3.8, 4) is 5.88 Å². The summed E-state index contributed by atoms with van der Waals surface area (Å²) in [7, 11) is 2.14. The minimum Gasteiger partial charge on any atom is -0.469 e. The quantitative estimate of drug-likeness (QED) is 0.862. The Morgan fingerprint density at radius 3 is 2.76 bits per heavy atom. The highest BCUT2D eigenvalue weighted by atomic mass is 16.5. The van der Waals surface area contributed by atoms with Crippen LogP contribution in [0.5, 0.6) is 5.88 Å². The smallest absolute Gasteiger partial charge is 0.217 e. The van der Waals surface area contributed by atoms with Crippen LogP contribution in [0, 0.1) is 5.92 Å². The second-order valence-electron chi connectivity index (χ2n) is 7.89. The Balaban J connectivity index is 1.37. The zero-order chi connectivity index (χ0) is 16.9. The Morgan fingerprint density at radius 1 is 1.24 bits per heavy atom. The van der Waals surface area contributed by atoms with Gasteiger partial charge in [-0.05, 0) is 37.6 Å². The van der Waals surface area contributed by atoms with Gasteiger partial charge in [0.1, 0.15) is 5.60 Å². The monoisotopic (exact) mass is 335 g/mol. The molecule has 3 fully saturated rings. The molecule has 4 nitrogen and oxygen atoms in total. The summed E-state index contributed by atoms with van der Waals surface area (Å²) in [5.74, 6) is 1.56. The molecule has 1 atom stereocenters. The number of fused-ring (bicyclic) bond motifs is 3. The van der Waals surface area contributed by atoms with E-state index in [0.717, 1.165) is 25.4 Å². The van der Waals surface area contributed by atoms with Gasteiger partial charge in [0.2, 0.25) is 5.88 Å². The number of hydrogen-bond donors (Lipinski definition) is 0. The number of piperidine rings is 3. The van der Waals surface area contributed by atoms with Gasteiger partial charge in [0.15, 0.2) is 0 Å². The molecule has 0 N–H and O–H groups in total. The first-order valence-electron chi connectivity index (χ1n) is 9.37. The first-order chi connectivity index (χ1) is 12.2. The molecule has 2 aromatic rings. The zero-order valence-electron chi connectivity index (χ0n) is 14.8. The van der Waals surface area contributed by atoms with Crippen molar-refractivity contribution in [2.24, 2.45) is 5.92 Å². The van der Waals surface area contributed by atoms with Gasteiger partial charge in [-0.15, -0.1) is 0 Å². The molecule has 1 aromatic heterocycles. The van der Waals surface area contributed by atoms with Gasteiger partial charge >= 0.3 is 0 Å². The van der Waals surface area contributed by atoms with E-state index in [2.05, 4.69) is 58.2 Å². The summed E-state index contributed by atoms with van der Waals surface area (Å²) in [5.41, 5.74) is 3.76. The molecule has 0 radical (unpaired) electrons. The molecule has 4 heteroatoms. The summed E-state index contributed by atoms with van der Waals surface area (Å²) in [6.07, 6.45) is 5.52. The molecule has 4 aliphatic heterocycles. The molecule has 6 rings (SSSR count). The topological polar surface area (TPSA) is 28.6 Å². The van der Waals surface area contributed by atoms with E-state index >= 15 is 0 Å². The Labute approximate surface area is 149 Å². The van der Waals surface area contributed by atoms with Crippen LogP contribution in [0.25, 0.3) is 0 Å². The van der Waals surface area contributed by atoms with Crippen molar-refractivity contribution in [3.05, 3.63) is 53.7 Å². The number of benzene rings is 1. The molecular formula is C21H25N3O. The second-order valence-corrected chi connectivity index (χ2v) is 7.89. The van der Waals surface area contributed by atoms with E-state index in [9.17, 15) is 0 Å². The average molecular weight is 335 g/mol. The number of pyridine rings is 1. The zero-order valence-corrected chi connectivity index (χ0v) is 14.8. The van der Waals surface area contributed by atoms with Gasteiger partial charge < -0.3 is 9.64 Å². The van der Waals surface area contributed by atoms with Crippen molar-refractivity contribution >= 4 is 5.69 Å². The van der Waals surface area contributed by atoms with Crippen LogP contribution >= 0.6 is 0 Å². The predicted octanol–water partition coefficient (Wildman–Crippen LogP) is 3.12. The van der Waals surface area contributed by atoms with E-state index in [4.69, 9.17) is 4.74 Å². The van der Waals surface area contributed by atoms with Crippen molar-refractivity contribution in [2.75, 3.05) is 31.6 Å². The SMILES string of the molecule is CN(Cc1ccccc1)c1cnc2c(c1)CC1(CN3CCC1CC3)O2. The van der Waals surface area contributed by atoms with Gasteiger partial charge in [0, 0.05) is 38.0 Å². The summed E-state index contributed by atoms with van der Waals surface area (Å²) in [6.45, 7) is 4.45. The Morgan fingerprint density at radius 2 is 2.04 bits per heavy atom. The van der Waals surface area contributed by atoms with Crippen LogP contribution in [0.3, 0.4) is 0 Å². The van der Waals surface area contributed by atoms with Crippen LogP contribution < -0.4 is 9.64 Å². The molecule has 0 saturated carbocycles. The molecule has 0 amide bonds. The Bertz CT molecular complexity index is 770. The van der Waals surface area contributed by atoms with E-state index in [1.165, 1.54) is 42.7 Å². The number of nitrogens with zero attached hydrogens (tertiary/aromatic N) is 3. The maximum absolute atomic E-state index is 6.45. The first-order valence-corrected chi connectivity index (χ1v) is 9.37. The summed E-state index contributed by atoms with van der Waals surface area (Å²) in [6, 6.07) is 12.9. The third kappa shape index (κ3) is 2.60. The largest absolute Gasteiger partial charge is 0.469 e. The number of rotatable bonds is 3. The van der Waals surface area contributed by atoms with Crippen molar-refractivity contribution in [3.63, 3.8) is 0 Å². The Kier molecular flexibility index (Phi) is 3.49. The fourth-order valence-electron chi connectivity index (χ4n) is 4.85. The van der Waals surface area contributed by atoms with Crippen molar-refractivity contribution in [1.29, 1.82) is 0 Å². The number of hydrogen-bond acceptors (Lipinski definition) is 4. The molecule has 4 aliphatic rings. The van der Waals surface area contributed by atoms with Gasteiger partial charge in [-0.2, -0.15) is 0 Å². The lowest BCUT2D eigenvalue weighted by atomic mass is 9.73. The maximum Gasteiger partial charge on any atom is 0.217 e. The van der Waals surface area contributed by atoms with Crippen LogP contribution in [-0.4, -0.2) is 42.2 Å². The van der Waals surface area contributed by atoms with Gasteiger partial charge in [-0.1, -0.05) is 30.3 Å². The normalized spacial score (nSPS) is 29.5. The Hall–Kier alpha value is -2.07. The predicted molar refractivity (Wildman–Crippen MR) is 99.0 cm³/mol. The lowest BCUT2D eigenvalue weighted by molar-refractivity contribution is -0.0814. The highest BCUT2D eigenvalue weighted by Gasteiger charge is 2.52. The molecule has 5 heterocycles. The van der Waals surface area contributed by atoms with Crippen LogP contribution in [0.2, 0.25) is 0 Å². The fraction of sp³-hybridized carbons (Fsp3) is 0.476. The lowest BCUT2D eigenvalue weighted by Gasteiger charge is -2.50. The van der Waals surface area contributed by atoms with E-state index in [-0.39, 0.29) is 5.60 Å². The lowest BCUT2D eigenvalue weighted by Crippen LogP contribution is -2.61. The minimum absolute atomic E-state index is 0.0115. The molecule has 25 heavy (non-hydrogen) atoms. The molecule has 1 aromatic carbocycles. The first kappa shape index (κ1) is 15.2. The van der Waals surface area contributed by atoms with E-state index < -0.39 is 0 Å². The van der Waals surface area contributed by atoms with Crippen molar-refractivity contribution < 1.29 is 4.74 Å². The molecule has 2 bridgehead atoms. The molecule has 1 spiro atoms.